The molecule has 1 aromatic carbocycles. The molecule has 0 saturated heterocycles. The van der Waals surface area contributed by atoms with E-state index in [9.17, 15) is 13.2 Å². The molecule has 1 amide bonds. The molecule has 0 aliphatic heterocycles. The Kier molecular flexibility index (Phi) is 3.91. The normalized spacial score (nSPS) is 11.3. The third-order valence-electron chi connectivity index (χ3n) is 2.68. The van der Waals surface area contributed by atoms with Crippen LogP contribution in [-0.4, -0.2) is 26.3 Å². The van der Waals surface area contributed by atoms with Crippen LogP contribution in [0.15, 0.2) is 52.0 Å². The number of hydrogen-bond donors (Lipinski definition) is 1. The lowest BCUT2D eigenvalue weighted by Crippen LogP contribution is -2.25. The molecule has 0 fully saturated rings. The topological polar surface area (TPSA) is 93.6 Å². The van der Waals surface area contributed by atoms with Crippen LogP contribution in [-0.2, 0) is 16.6 Å². The van der Waals surface area contributed by atoms with Crippen LogP contribution in [0.2, 0.25) is 0 Å². The monoisotopic (exact) mass is 294 g/mol. The maximum absolute atomic E-state index is 12.1. The average Bonchev–Trinajstić information content (AvgIpc) is 2.88. The van der Waals surface area contributed by atoms with E-state index in [0.29, 0.717) is 6.54 Å². The summed E-state index contributed by atoms with van der Waals surface area (Å²) in [4.78, 5) is 13.5. The largest absolute Gasteiger partial charge is 0.438 e. The van der Waals surface area contributed by atoms with E-state index >= 15 is 0 Å². The maximum Gasteiger partial charge on any atom is 0.289 e. The van der Waals surface area contributed by atoms with Gasteiger partial charge in [0.05, 0.1) is 0 Å². The number of carbonyl (C=O) groups is 1. The van der Waals surface area contributed by atoms with Crippen LogP contribution in [0, 0.1) is 0 Å². The minimum absolute atomic E-state index is 0.0625. The van der Waals surface area contributed by atoms with E-state index < -0.39 is 21.0 Å². The summed E-state index contributed by atoms with van der Waals surface area (Å²) in [5, 5.41) is 4.50. The summed E-state index contributed by atoms with van der Waals surface area (Å²) in [6, 6.07) is 11.9. The van der Waals surface area contributed by atoms with E-state index in [4.69, 9.17) is 9.56 Å². The van der Waals surface area contributed by atoms with Crippen LogP contribution in [0.25, 0.3) is 0 Å². The number of carbonyl (C=O) groups excluding carboxylic acids is 1. The predicted molar refractivity (Wildman–Crippen MR) is 72.3 cm³/mol. The van der Waals surface area contributed by atoms with Gasteiger partial charge in [0.15, 0.2) is 5.76 Å². The Hall–Kier alpha value is -2.12. The highest BCUT2D eigenvalue weighted by molar-refractivity contribution is 7.89. The molecule has 0 aliphatic rings. The number of nitrogens with two attached hydrogens (primary N) is 1. The highest BCUT2D eigenvalue weighted by Crippen LogP contribution is 2.15. The van der Waals surface area contributed by atoms with Gasteiger partial charge < -0.3 is 9.32 Å². The molecule has 6 nitrogen and oxygen atoms in total. The number of amides is 1. The molecular formula is C13H14N2O4S. The van der Waals surface area contributed by atoms with Gasteiger partial charge in [-0.15, -0.1) is 0 Å². The lowest BCUT2D eigenvalue weighted by atomic mass is 10.2. The molecule has 1 aromatic heterocycles. The Morgan fingerprint density at radius 3 is 2.40 bits per heavy atom. The van der Waals surface area contributed by atoms with Gasteiger partial charge in [-0.1, -0.05) is 30.3 Å². The van der Waals surface area contributed by atoms with Gasteiger partial charge in [-0.2, -0.15) is 0 Å². The molecule has 0 radical (unpaired) electrons. The Morgan fingerprint density at radius 1 is 1.20 bits per heavy atom. The van der Waals surface area contributed by atoms with Crippen molar-refractivity contribution in [3.63, 3.8) is 0 Å². The number of hydrogen-bond acceptors (Lipinski definition) is 4. The Morgan fingerprint density at radius 2 is 1.85 bits per heavy atom. The molecule has 0 aliphatic carbocycles. The van der Waals surface area contributed by atoms with Gasteiger partial charge in [0.2, 0.25) is 5.09 Å². The van der Waals surface area contributed by atoms with Crippen molar-refractivity contribution < 1.29 is 17.6 Å². The first-order valence-corrected chi connectivity index (χ1v) is 7.34. The number of rotatable bonds is 4. The Labute approximate surface area is 116 Å². The van der Waals surface area contributed by atoms with E-state index in [2.05, 4.69) is 0 Å². The summed E-state index contributed by atoms with van der Waals surface area (Å²) in [5.74, 6) is -0.476. The molecule has 0 atom stereocenters. The second kappa shape index (κ2) is 5.48. The van der Waals surface area contributed by atoms with E-state index in [1.807, 2.05) is 30.3 Å². The van der Waals surface area contributed by atoms with Gasteiger partial charge in [-0.25, -0.2) is 13.6 Å². The smallest absolute Gasteiger partial charge is 0.289 e. The molecule has 0 saturated carbocycles. The number of primary sulfonamides is 1. The van der Waals surface area contributed by atoms with Crippen LogP contribution in [0.3, 0.4) is 0 Å². The highest BCUT2D eigenvalue weighted by Gasteiger charge is 2.20. The zero-order chi connectivity index (χ0) is 14.8. The maximum atomic E-state index is 12.1. The molecular weight excluding hydrogens is 280 g/mol. The summed E-state index contributed by atoms with van der Waals surface area (Å²) < 4.78 is 27.1. The van der Waals surface area contributed by atoms with Crippen molar-refractivity contribution in [2.45, 2.75) is 11.6 Å². The molecule has 0 spiro atoms. The highest BCUT2D eigenvalue weighted by atomic mass is 32.2. The zero-order valence-corrected chi connectivity index (χ0v) is 11.6. The van der Waals surface area contributed by atoms with E-state index in [1.54, 1.807) is 7.05 Å². The van der Waals surface area contributed by atoms with Crippen molar-refractivity contribution in [3.05, 3.63) is 53.8 Å². The lowest BCUT2D eigenvalue weighted by Gasteiger charge is -2.15. The van der Waals surface area contributed by atoms with Gasteiger partial charge in [0.25, 0.3) is 15.9 Å². The zero-order valence-electron chi connectivity index (χ0n) is 10.8. The third-order valence-corrected chi connectivity index (χ3v) is 3.46. The van der Waals surface area contributed by atoms with Gasteiger partial charge in [-0.3, -0.25) is 4.79 Å². The second-order valence-corrected chi connectivity index (χ2v) is 5.80. The van der Waals surface area contributed by atoms with Crippen LogP contribution in [0.5, 0.6) is 0 Å². The quantitative estimate of drug-likeness (QED) is 0.916. The Bertz CT molecular complexity index is 707. The van der Waals surface area contributed by atoms with Crippen LogP contribution in [0.4, 0.5) is 0 Å². The van der Waals surface area contributed by atoms with Gasteiger partial charge in [0, 0.05) is 13.6 Å². The molecule has 20 heavy (non-hydrogen) atoms. The fraction of sp³-hybridized carbons (Fsp3) is 0.154. The molecule has 2 aromatic rings. The molecule has 0 bridgehead atoms. The number of furan rings is 1. The summed E-state index contributed by atoms with van der Waals surface area (Å²) in [7, 11) is -2.33. The Balaban J connectivity index is 2.13. The van der Waals surface area contributed by atoms with Crippen LogP contribution in [0.1, 0.15) is 16.1 Å². The van der Waals surface area contributed by atoms with Gasteiger partial charge in [0.1, 0.15) is 0 Å². The fourth-order valence-corrected chi connectivity index (χ4v) is 2.17. The van der Waals surface area contributed by atoms with E-state index in [0.717, 1.165) is 5.56 Å². The van der Waals surface area contributed by atoms with Crippen molar-refractivity contribution in [2.24, 2.45) is 5.14 Å². The molecule has 106 valence electrons. The van der Waals surface area contributed by atoms with Crippen LogP contribution >= 0.6 is 0 Å². The van der Waals surface area contributed by atoms with Crippen molar-refractivity contribution in [2.75, 3.05) is 7.05 Å². The summed E-state index contributed by atoms with van der Waals surface area (Å²) in [6.07, 6.45) is 0. The third kappa shape index (κ3) is 3.25. The van der Waals surface area contributed by atoms with E-state index in [1.165, 1.54) is 17.0 Å². The van der Waals surface area contributed by atoms with Crippen molar-refractivity contribution in [3.8, 4) is 0 Å². The number of benzene rings is 1. The van der Waals surface area contributed by atoms with Gasteiger partial charge in [-0.05, 0) is 17.7 Å². The first-order valence-electron chi connectivity index (χ1n) is 5.80. The number of sulfonamides is 1. The number of nitrogens with zero attached hydrogens (tertiary/aromatic N) is 1. The van der Waals surface area contributed by atoms with Crippen LogP contribution < -0.4 is 5.14 Å². The molecule has 0 unspecified atom stereocenters. The average molecular weight is 294 g/mol. The summed E-state index contributed by atoms with van der Waals surface area (Å²) in [6.45, 7) is 0.394. The minimum atomic E-state index is -3.94. The summed E-state index contributed by atoms with van der Waals surface area (Å²) >= 11 is 0. The fourth-order valence-electron chi connectivity index (χ4n) is 1.71. The van der Waals surface area contributed by atoms with Crippen molar-refractivity contribution >= 4 is 15.9 Å². The first kappa shape index (κ1) is 14.3. The van der Waals surface area contributed by atoms with Crippen molar-refractivity contribution in [1.29, 1.82) is 0 Å². The van der Waals surface area contributed by atoms with E-state index in [-0.39, 0.29) is 5.76 Å². The van der Waals surface area contributed by atoms with Gasteiger partial charge >= 0.3 is 0 Å². The molecule has 1 heterocycles. The molecule has 2 N–H and O–H groups in total. The van der Waals surface area contributed by atoms with Crippen molar-refractivity contribution in [1.82, 2.24) is 4.90 Å². The second-order valence-electron chi connectivity index (χ2n) is 4.31. The molecule has 7 heteroatoms. The molecule has 2 rings (SSSR count). The summed E-state index contributed by atoms with van der Waals surface area (Å²) in [5.41, 5.74) is 0.960. The first-order chi connectivity index (χ1) is 9.38. The standard InChI is InChI=1S/C13H14N2O4S/c1-15(9-10-5-3-2-4-6-10)13(16)11-7-8-12(19-11)20(14,17)18/h2-8H,9H2,1H3,(H2,14,17,18). The predicted octanol–water partition coefficient (Wildman–Crippen LogP) is 1.20. The lowest BCUT2D eigenvalue weighted by molar-refractivity contribution is 0.0747. The SMILES string of the molecule is CN(Cc1ccccc1)C(=O)c1ccc(S(N)(=O)=O)o1. The minimum Gasteiger partial charge on any atom is -0.438 e.